The number of rotatable bonds is 2. The van der Waals surface area contributed by atoms with Gasteiger partial charge in [0.2, 0.25) is 0 Å². The maximum Gasteiger partial charge on any atom is 0.142 e. The van der Waals surface area contributed by atoms with E-state index in [2.05, 4.69) is 0 Å². The third kappa shape index (κ3) is 2.30. The van der Waals surface area contributed by atoms with E-state index < -0.39 is 11.9 Å². The molecule has 2 unspecified atom stereocenters. The van der Waals surface area contributed by atoms with Gasteiger partial charge in [0.15, 0.2) is 0 Å². The van der Waals surface area contributed by atoms with E-state index in [-0.39, 0.29) is 10.9 Å². The molecule has 1 heterocycles. The van der Waals surface area contributed by atoms with Crippen molar-refractivity contribution in [3.8, 4) is 0 Å². The summed E-state index contributed by atoms with van der Waals surface area (Å²) < 4.78 is 18.3. The molecule has 1 aliphatic heterocycles. The molecule has 2 nitrogen and oxygen atoms in total. The summed E-state index contributed by atoms with van der Waals surface area (Å²) in [4.78, 5) is 0. The summed E-state index contributed by atoms with van der Waals surface area (Å²) in [6.45, 7) is 1.20. The van der Waals surface area contributed by atoms with Crippen molar-refractivity contribution in [1.82, 2.24) is 0 Å². The van der Waals surface area contributed by atoms with Crippen molar-refractivity contribution in [2.45, 2.75) is 12.5 Å². The van der Waals surface area contributed by atoms with E-state index >= 15 is 0 Å². The highest BCUT2D eigenvalue weighted by Crippen LogP contribution is 2.30. The second kappa shape index (κ2) is 4.47. The van der Waals surface area contributed by atoms with Crippen LogP contribution in [0.4, 0.5) is 4.39 Å². The van der Waals surface area contributed by atoms with Gasteiger partial charge in [-0.3, -0.25) is 0 Å². The fourth-order valence-corrected chi connectivity index (χ4v) is 1.89. The smallest absolute Gasteiger partial charge is 0.142 e. The third-order valence-corrected chi connectivity index (χ3v) is 3.00. The first-order chi connectivity index (χ1) is 7.18. The fraction of sp³-hybridized carbons (Fsp3) is 0.455. The Morgan fingerprint density at radius 1 is 1.53 bits per heavy atom. The Hall–Kier alpha value is -0.640. The van der Waals surface area contributed by atoms with Crippen LogP contribution in [0.5, 0.6) is 0 Å². The monoisotopic (exact) mass is 230 g/mol. The number of aliphatic hydroxyl groups excluding tert-OH is 1. The van der Waals surface area contributed by atoms with Gasteiger partial charge in [-0.1, -0.05) is 17.7 Å². The van der Waals surface area contributed by atoms with Crippen molar-refractivity contribution in [3.63, 3.8) is 0 Å². The van der Waals surface area contributed by atoms with E-state index in [9.17, 15) is 9.50 Å². The maximum absolute atomic E-state index is 13.2. The zero-order valence-corrected chi connectivity index (χ0v) is 8.88. The number of ether oxygens (including phenoxy) is 1. The summed E-state index contributed by atoms with van der Waals surface area (Å²) in [5, 5.41) is 10.0. The predicted octanol–water partition coefficient (Wildman–Crippen LogP) is 2.55. The molecule has 0 bridgehead atoms. The molecule has 0 aromatic heterocycles. The van der Waals surface area contributed by atoms with Gasteiger partial charge in [0.1, 0.15) is 5.82 Å². The predicted molar refractivity (Wildman–Crippen MR) is 55.3 cm³/mol. The van der Waals surface area contributed by atoms with Crippen LogP contribution in [0.15, 0.2) is 18.2 Å². The van der Waals surface area contributed by atoms with Gasteiger partial charge in [0.05, 0.1) is 17.7 Å². The minimum atomic E-state index is -0.667. The number of halogens is 2. The second-order valence-corrected chi connectivity index (χ2v) is 4.15. The van der Waals surface area contributed by atoms with Gasteiger partial charge >= 0.3 is 0 Å². The topological polar surface area (TPSA) is 29.5 Å². The lowest BCUT2D eigenvalue weighted by Crippen LogP contribution is -2.12. The molecular formula is C11H12ClFO2. The first-order valence-corrected chi connectivity index (χ1v) is 5.27. The molecule has 0 saturated carbocycles. The Labute approximate surface area is 92.6 Å². The van der Waals surface area contributed by atoms with E-state index in [0.29, 0.717) is 18.8 Å². The zero-order valence-electron chi connectivity index (χ0n) is 8.12. The zero-order chi connectivity index (χ0) is 10.8. The molecule has 1 N–H and O–H groups in total. The molecular weight excluding hydrogens is 219 g/mol. The van der Waals surface area contributed by atoms with Crippen molar-refractivity contribution in [3.05, 3.63) is 34.6 Å². The summed E-state index contributed by atoms with van der Waals surface area (Å²) in [5.41, 5.74) is 0.562. The minimum absolute atomic E-state index is 0.0607. The standard InChI is InChI=1S/C11H12ClFO2/c12-9-2-1-7(5-10(9)13)11(14)8-3-4-15-6-8/h1-2,5,8,11,14H,3-4,6H2. The Bertz CT molecular complexity index is 350. The van der Waals surface area contributed by atoms with Crippen LogP contribution >= 0.6 is 11.6 Å². The second-order valence-electron chi connectivity index (χ2n) is 3.74. The van der Waals surface area contributed by atoms with Gasteiger partial charge < -0.3 is 9.84 Å². The Morgan fingerprint density at radius 3 is 2.93 bits per heavy atom. The van der Waals surface area contributed by atoms with Crippen molar-refractivity contribution < 1.29 is 14.2 Å². The van der Waals surface area contributed by atoms with Crippen molar-refractivity contribution in [1.29, 1.82) is 0 Å². The van der Waals surface area contributed by atoms with E-state index in [4.69, 9.17) is 16.3 Å². The van der Waals surface area contributed by atoms with Crippen molar-refractivity contribution in [2.24, 2.45) is 5.92 Å². The Morgan fingerprint density at radius 2 is 2.33 bits per heavy atom. The average molecular weight is 231 g/mol. The summed E-state index contributed by atoms with van der Waals surface area (Å²) in [6.07, 6.45) is 0.144. The van der Waals surface area contributed by atoms with Crippen LogP contribution in [0.2, 0.25) is 5.02 Å². The van der Waals surface area contributed by atoms with E-state index in [1.807, 2.05) is 0 Å². The van der Waals surface area contributed by atoms with Gasteiger partial charge in [-0.25, -0.2) is 4.39 Å². The van der Waals surface area contributed by atoms with Crippen LogP contribution < -0.4 is 0 Å². The third-order valence-electron chi connectivity index (χ3n) is 2.70. The molecule has 0 amide bonds. The van der Waals surface area contributed by atoms with Gasteiger partial charge in [0.25, 0.3) is 0 Å². The van der Waals surface area contributed by atoms with Crippen molar-refractivity contribution in [2.75, 3.05) is 13.2 Å². The molecule has 1 aromatic carbocycles. The summed E-state index contributed by atoms with van der Waals surface area (Å²) >= 11 is 5.56. The highest BCUT2D eigenvalue weighted by molar-refractivity contribution is 6.30. The summed E-state index contributed by atoms with van der Waals surface area (Å²) in [5.74, 6) is -0.433. The van der Waals surface area contributed by atoms with E-state index in [0.717, 1.165) is 6.42 Å². The van der Waals surface area contributed by atoms with Crippen LogP contribution in [0.25, 0.3) is 0 Å². The molecule has 82 valence electrons. The van der Waals surface area contributed by atoms with Gasteiger partial charge in [-0.05, 0) is 24.1 Å². The molecule has 0 aliphatic carbocycles. The molecule has 4 heteroatoms. The lowest BCUT2D eigenvalue weighted by Gasteiger charge is -2.16. The summed E-state index contributed by atoms with van der Waals surface area (Å²) in [7, 11) is 0. The fourth-order valence-electron chi connectivity index (χ4n) is 1.77. The number of hydrogen-bond donors (Lipinski definition) is 1. The average Bonchev–Trinajstić information content (AvgIpc) is 2.74. The molecule has 15 heavy (non-hydrogen) atoms. The lowest BCUT2D eigenvalue weighted by atomic mass is 9.95. The largest absolute Gasteiger partial charge is 0.388 e. The van der Waals surface area contributed by atoms with Crippen LogP contribution in [-0.2, 0) is 4.74 Å². The van der Waals surface area contributed by atoms with Crippen molar-refractivity contribution >= 4 is 11.6 Å². The molecule has 0 spiro atoms. The molecule has 2 rings (SSSR count). The first kappa shape index (κ1) is 10.9. The quantitative estimate of drug-likeness (QED) is 0.846. The molecule has 1 aromatic rings. The SMILES string of the molecule is OC(c1ccc(Cl)c(F)c1)C1CCOC1. The molecule has 1 aliphatic rings. The molecule has 2 atom stereocenters. The van der Waals surface area contributed by atoms with Gasteiger partial charge in [-0.2, -0.15) is 0 Å². The van der Waals surface area contributed by atoms with Gasteiger partial charge in [-0.15, -0.1) is 0 Å². The van der Waals surface area contributed by atoms with Gasteiger partial charge in [0, 0.05) is 12.5 Å². The first-order valence-electron chi connectivity index (χ1n) is 4.89. The molecule has 0 radical (unpaired) electrons. The van der Waals surface area contributed by atoms with Crippen LogP contribution in [0.1, 0.15) is 18.1 Å². The highest BCUT2D eigenvalue weighted by atomic mass is 35.5. The Balaban J connectivity index is 2.17. The molecule has 1 fully saturated rings. The minimum Gasteiger partial charge on any atom is -0.388 e. The lowest BCUT2D eigenvalue weighted by molar-refractivity contribution is 0.0915. The van der Waals surface area contributed by atoms with E-state index in [1.165, 1.54) is 12.1 Å². The van der Waals surface area contributed by atoms with Crippen LogP contribution in [0, 0.1) is 11.7 Å². The number of hydrogen-bond acceptors (Lipinski definition) is 2. The van der Waals surface area contributed by atoms with Crippen LogP contribution in [-0.4, -0.2) is 18.3 Å². The normalized spacial score (nSPS) is 23.0. The Kier molecular flexibility index (Phi) is 3.24. The summed E-state index contributed by atoms with van der Waals surface area (Å²) in [6, 6.07) is 4.39. The van der Waals surface area contributed by atoms with E-state index in [1.54, 1.807) is 6.07 Å². The maximum atomic E-state index is 13.2. The number of aliphatic hydroxyl groups is 1. The highest BCUT2D eigenvalue weighted by Gasteiger charge is 2.25. The molecule has 1 saturated heterocycles. The van der Waals surface area contributed by atoms with Crippen LogP contribution in [0.3, 0.4) is 0 Å². The number of benzene rings is 1.